The molecule has 0 bridgehead atoms. The molecule has 1 aromatic rings. The lowest BCUT2D eigenvalue weighted by atomic mass is 10.0. The highest BCUT2D eigenvalue weighted by Crippen LogP contribution is 2.20. The van der Waals surface area contributed by atoms with E-state index >= 15 is 0 Å². The van der Waals surface area contributed by atoms with Gasteiger partial charge in [-0.3, -0.25) is 4.79 Å². The maximum atomic E-state index is 11.3. The summed E-state index contributed by atoms with van der Waals surface area (Å²) in [5.74, 6) is 1.67. The average molecular weight is 277 g/mol. The maximum Gasteiger partial charge on any atom is 0.219 e. The zero-order chi connectivity index (χ0) is 14.5. The van der Waals surface area contributed by atoms with Gasteiger partial charge in [0.1, 0.15) is 5.82 Å². The third-order valence-electron chi connectivity index (χ3n) is 3.77. The number of amides is 1. The number of aryl methyl sites for hydroxylation is 1. The molecule has 0 aliphatic carbocycles. The first-order valence-corrected chi connectivity index (χ1v) is 7.19. The summed E-state index contributed by atoms with van der Waals surface area (Å²) in [6.07, 6.45) is 2.87. The molecule has 5 nitrogen and oxygen atoms in total. The Morgan fingerprint density at radius 2 is 2.15 bits per heavy atom. The number of ether oxygens (including phenoxy) is 1. The normalized spacial score (nSPS) is 16.1. The van der Waals surface area contributed by atoms with E-state index in [0.717, 1.165) is 38.2 Å². The predicted molar refractivity (Wildman–Crippen MR) is 79.1 cm³/mol. The quantitative estimate of drug-likeness (QED) is 0.915. The van der Waals surface area contributed by atoms with Crippen LogP contribution in [0.3, 0.4) is 0 Å². The molecule has 0 aromatic carbocycles. The molecule has 110 valence electrons. The van der Waals surface area contributed by atoms with E-state index in [1.165, 1.54) is 5.56 Å². The van der Waals surface area contributed by atoms with Gasteiger partial charge in [0.05, 0.1) is 7.11 Å². The lowest BCUT2D eigenvalue weighted by Crippen LogP contribution is -2.41. The van der Waals surface area contributed by atoms with Crippen molar-refractivity contribution in [2.45, 2.75) is 39.2 Å². The second-order valence-corrected chi connectivity index (χ2v) is 5.18. The Labute approximate surface area is 120 Å². The number of piperidine rings is 1. The number of carbonyl (C=O) groups excluding carboxylic acids is 1. The van der Waals surface area contributed by atoms with Gasteiger partial charge in [-0.2, -0.15) is 4.98 Å². The number of pyridine rings is 1. The van der Waals surface area contributed by atoms with Crippen molar-refractivity contribution >= 4 is 11.7 Å². The Morgan fingerprint density at radius 3 is 2.70 bits per heavy atom. The van der Waals surface area contributed by atoms with Gasteiger partial charge >= 0.3 is 0 Å². The summed E-state index contributed by atoms with van der Waals surface area (Å²) >= 11 is 0. The highest BCUT2D eigenvalue weighted by atomic mass is 16.5. The number of likely N-dealkylation sites (tertiary alicyclic amines) is 1. The molecule has 1 fully saturated rings. The fourth-order valence-corrected chi connectivity index (χ4v) is 2.49. The van der Waals surface area contributed by atoms with Crippen molar-refractivity contribution in [3.05, 3.63) is 17.7 Å². The van der Waals surface area contributed by atoms with Crippen molar-refractivity contribution in [3.8, 4) is 5.88 Å². The number of hydrogen-bond donors (Lipinski definition) is 1. The molecule has 1 N–H and O–H groups in total. The molecule has 20 heavy (non-hydrogen) atoms. The Kier molecular flexibility index (Phi) is 4.82. The van der Waals surface area contributed by atoms with Crippen LogP contribution in [0.25, 0.3) is 0 Å². The lowest BCUT2D eigenvalue weighted by molar-refractivity contribution is -0.129. The monoisotopic (exact) mass is 277 g/mol. The van der Waals surface area contributed by atoms with E-state index in [2.05, 4.69) is 23.3 Å². The van der Waals surface area contributed by atoms with Crippen LogP contribution in [0.1, 0.15) is 32.3 Å². The van der Waals surface area contributed by atoms with Gasteiger partial charge < -0.3 is 15.0 Å². The van der Waals surface area contributed by atoms with Crippen LogP contribution in [0.5, 0.6) is 5.88 Å². The number of nitrogens with zero attached hydrogens (tertiary/aromatic N) is 2. The Bertz CT molecular complexity index is 446. The van der Waals surface area contributed by atoms with Gasteiger partial charge in [-0.1, -0.05) is 6.92 Å². The smallest absolute Gasteiger partial charge is 0.219 e. The standard InChI is InChI=1S/C15H23N3O2/c1-4-12-9-14(17-15(10-12)20-3)16-13-5-7-18(8-6-13)11(2)19/h9-10,13H,4-8H2,1-3H3,(H,16,17). The summed E-state index contributed by atoms with van der Waals surface area (Å²) in [4.78, 5) is 17.6. The van der Waals surface area contributed by atoms with Crippen molar-refractivity contribution in [1.29, 1.82) is 0 Å². The first-order valence-electron chi connectivity index (χ1n) is 7.19. The van der Waals surface area contributed by atoms with E-state index in [4.69, 9.17) is 4.74 Å². The highest BCUT2D eigenvalue weighted by molar-refractivity contribution is 5.73. The summed E-state index contributed by atoms with van der Waals surface area (Å²) in [5, 5.41) is 3.46. The Morgan fingerprint density at radius 1 is 1.45 bits per heavy atom. The fourth-order valence-electron chi connectivity index (χ4n) is 2.49. The first-order chi connectivity index (χ1) is 9.62. The molecule has 0 unspecified atom stereocenters. The minimum absolute atomic E-state index is 0.163. The van der Waals surface area contributed by atoms with E-state index in [0.29, 0.717) is 11.9 Å². The molecule has 0 spiro atoms. The number of rotatable bonds is 4. The van der Waals surface area contributed by atoms with Crippen LogP contribution in [0.2, 0.25) is 0 Å². The summed E-state index contributed by atoms with van der Waals surface area (Å²) in [7, 11) is 1.64. The van der Waals surface area contributed by atoms with Crippen LogP contribution in [0.15, 0.2) is 12.1 Å². The van der Waals surface area contributed by atoms with E-state index in [9.17, 15) is 4.79 Å². The van der Waals surface area contributed by atoms with Crippen molar-refractivity contribution in [2.75, 3.05) is 25.5 Å². The van der Waals surface area contributed by atoms with Crippen molar-refractivity contribution < 1.29 is 9.53 Å². The summed E-state index contributed by atoms with van der Waals surface area (Å²) in [6, 6.07) is 4.40. The molecule has 1 aliphatic rings. The summed E-state index contributed by atoms with van der Waals surface area (Å²) in [6.45, 7) is 5.38. The van der Waals surface area contributed by atoms with Crippen molar-refractivity contribution in [3.63, 3.8) is 0 Å². The van der Waals surface area contributed by atoms with Crippen LogP contribution in [-0.4, -0.2) is 42.0 Å². The molecular formula is C15H23N3O2. The summed E-state index contributed by atoms with van der Waals surface area (Å²) in [5.41, 5.74) is 1.21. The zero-order valence-corrected chi connectivity index (χ0v) is 12.5. The van der Waals surface area contributed by atoms with Gasteiger partial charge in [0.25, 0.3) is 0 Å². The van der Waals surface area contributed by atoms with Gasteiger partial charge in [-0.05, 0) is 30.9 Å². The summed E-state index contributed by atoms with van der Waals surface area (Å²) < 4.78 is 5.23. The molecule has 1 aromatic heterocycles. The molecule has 0 radical (unpaired) electrons. The number of anilines is 1. The molecule has 2 rings (SSSR count). The molecule has 2 heterocycles. The minimum Gasteiger partial charge on any atom is -0.481 e. The van der Waals surface area contributed by atoms with Crippen LogP contribution >= 0.6 is 0 Å². The van der Waals surface area contributed by atoms with E-state index in [1.807, 2.05) is 11.0 Å². The average Bonchev–Trinajstić information content (AvgIpc) is 2.47. The number of carbonyl (C=O) groups is 1. The van der Waals surface area contributed by atoms with Gasteiger partial charge in [-0.15, -0.1) is 0 Å². The van der Waals surface area contributed by atoms with Crippen LogP contribution < -0.4 is 10.1 Å². The number of aromatic nitrogens is 1. The van der Waals surface area contributed by atoms with E-state index < -0.39 is 0 Å². The Hall–Kier alpha value is -1.78. The zero-order valence-electron chi connectivity index (χ0n) is 12.5. The van der Waals surface area contributed by atoms with Crippen LogP contribution in [-0.2, 0) is 11.2 Å². The molecule has 5 heteroatoms. The largest absolute Gasteiger partial charge is 0.481 e. The molecule has 0 saturated carbocycles. The van der Waals surface area contributed by atoms with Crippen molar-refractivity contribution in [1.82, 2.24) is 9.88 Å². The van der Waals surface area contributed by atoms with Crippen molar-refractivity contribution in [2.24, 2.45) is 0 Å². The van der Waals surface area contributed by atoms with E-state index in [-0.39, 0.29) is 5.91 Å². The number of methoxy groups -OCH3 is 1. The third kappa shape index (κ3) is 3.62. The van der Waals surface area contributed by atoms with Gasteiger partial charge in [0.15, 0.2) is 0 Å². The predicted octanol–water partition coefficient (Wildman–Crippen LogP) is 2.08. The van der Waals surface area contributed by atoms with Gasteiger partial charge in [-0.25, -0.2) is 0 Å². The lowest BCUT2D eigenvalue weighted by Gasteiger charge is -2.32. The number of hydrogen-bond acceptors (Lipinski definition) is 4. The second kappa shape index (κ2) is 6.59. The second-order valence-electron chi connectivity index (χ2n) is 5.18. The fraction of sp³-hybridized carbons (Fsp3) is 0.600. The molecule has 1 aliphatic heterocycles. The third-order valence-corrected chi connectivity index (χ3v) is 3.77. The van der Waals surface area contributed by atoms with E-state index in [1.54, 1.807) is 14.0 Å². The molecule has 0 atom stereocenters. The maximum absolute atomic E-state index is 11.3. The minimum atomic E-state index is 0.163. The molecule has 1 saturated heterocycles. The Balaban J connectivity index is 1.98. The van der Waals surface area contributed by atoms with Crippen LogP contribution in [0.4, 0.5) is 5.82 Å². The topological polar surface area (TPSA) is 54.5 Å². The number of nitrogens with one attached hydrogen (secondary N) is 1. The SMILES string of the molecule is CCc1cc(NC2CCN(C(C)=O)CC2)nc(OC)c1. The first kappa shape index (κ1) is 14.6. The highest BCUT2D eigenvalue weighted by Gasteiger charge is 2.20. The molecular weight excluding hydrogens is 254 g/mol. The van der Waals surface area contributed by atoms with Gasteiger partial charge in [0, 0.05) is 32.1 Å². The molecule has 1 amide bonds. The van der Waals surface area contributed by atoms with Gasteiger partial charge in [0.2, 0.25) is 11.8 Å². The van der Waals surface area contributed by atoms with Crippen LogP contribution in [0, 0.1) is 0 Å².